The minimum absolute atomic E-state index is 0.0654. The molecule has 0 aromatic carbocycles. The zero-order chi connectivity index (χ0) is 14.7. The number of piperidine rings is 1. The van der Waals surface area contributed by atoms with Gasteiger partial charge in [-0.3, -0.25) is 15.1 Å². The van der Waals surface area contributed by atoms with Crippen LogP contribution >= 0.6 is 15.9 Å². The number of halogens is 1. The number of hydrogen-bond acceptors (Lipinski definition) is 3. The van der Waals surface area contributed by atoms with Crippen molar-refractivity contribution in [3.05, 3.63) is 0 Å². The number of nitrogens with zero attached hydrogens (tertiary/aromatic N) is 1. The van der Waals surface area contributed by atoms with Crippen LogP contribution in [0.2, 0.25) is 0 Å². The molecule has 2 atom stereocenters. The Morgan fingerprint density at radius 2 is 1.71 bits per heavy atom. The van der Waals surface area contributed by atoms with Crippen molar-refractivity contribution in [3.8, 4) is 0 Å². The first-order valence-electron chi connectivity index (χ1n) is 8.65. The average molecular weight is 358 g/mol. The first-order chi connectivity index (χ1) is 10.2. The summed E-state index contributed by atoms with van der Waals surface area (Å²) in [5, 5.41) is 0. The highest BCUT2D eigenvalue weighted by atomic mass is 79.9. The normalized spacial score (nSPS) is 33.9. The van der Waals surface area contributed by atoms with Crippen LogP contribution in [0.3, 0.4) is 0 Å². The van der Waals surface area contributed by atoms with Crippen LogP contribution < -0.4 is 10.9 Å². The van der Waals surface area contributed by atoms with Crippen LogP contribution in [0, 0.1) is 11.8 Å². The second kappa shape index (κ2) is 7.42. The van der Waals surface area contributed by atoms with E-state index in [1.54, 1.807) is 0 Å². The Morgan fingerprint density at radius 3 is 2.43 bits per heavy atom. The Hall–Kier alpha value is -0.130. The van der Waals surface area contributed by atoms with E-state index in [4.69, 9.17) is 0 Å². The van der Waals surface area contributed by atoms with Gasteiger partial charge in [-0.25, -0.2) is 5.43 Å². The highest BCUT2D eigenvalue weighted by molar-refractivity contribution is 9.10. The van der Waals surface area contributed by atoms with Gasteiger partial charge < -0.3 is 0 Å². The van der Waals surface area contributed by atoms with E-state index in [9.17, 15) is 4.79 Å². The number of alkyl halides is 1. The largest absolute Gasteiger partial charge is 0.297 e. The molecule has 1 aliphatic carbocycles. The minimum atomic E-state index is -0.0753. The summed E-state index contributed by atoms with van der Waals surface area (Å²) in [5.74, 6) is 1.99. The molecule has 0 radical (unpaired) electrons. The molecular weight excluding hydrogens is 330 g/mol. The van der Waals surface area contributed by atoms with Crippen LogP contribution in [-0.4, -0.2) is 41.3 Å². The lowest BCUT2D eigenvalue weighted by Crippen LogP contribution is -2.62. The Bertz CT molecular complexity index is 351. The zero-order valence-corrected chi connectivity index (χ0v) is 14.4. The van der Waals surface area contributed by atoms with E-state index in [1.165, 1.54) is 51.4 Å². The van der Waals surface area contributed by atoms with Crippen molar-refractivity contribution in [2.45, 2.75) is 62.2 Å². The SMILES string of the molecule is O=C1NNCC(N2CCC(CC3CCCCC3)CC2)C1Br. The fraction of sp³-hybridized carbons (Fsp3) is 0.938. The van der Waals surface area contributed by atoms with E-state index in [0.717, 1.165) is 31.5 Å². The quantitative estimate of drug-likeness (QED) is 0.762. The minimum Gasteiger partial charge on any atom is -0.297 e. The van der Waals surface area contributed by atoms with E-state index in [0.29, 0.717) is 6.04 Å². The van der Waals surface area contributed by atoms with Gasteiger partial charge in [0.15, 0.2) is 0 Å². The molecule has 21 heavy (non-hydrogen) atoms. The number of hydrazine groups is 1. The second-order valence-electron chi connectivity index (χ2n) is 7.06. The Balaban J connectivity index is 1.45. The second-order valence-corrected chi connectivity index (χ2v) is 8.04. The highest BCUT2D eigenvalue weighted by Crippen LogP contribution is 2.33. The molecule has 4 nitrogen and oxygen atoms in total. The molecule has 1 amide bonds. The van der Waals surface area contributed by atoms with Crippen LogP contribution in [0.4, 0.5) is 0 Å². The number of hydrogen-bond donors (Lipinski definition) is 2. The van der Waals surface area contributed by atoms with Gasteiger partial charge in [0, 0.05) is 12.6 Å². The molecule has 0 aromatic heterocycles. The number of carbonyl (C=O) groups excluding carboxylic acids is 1. The summed E-state index contributed by atoms with van der Waals surface area (Å²) in [5.41, 5.74) is 5.72. The van der Waals surface area contributed by atoms with Crippen molar-refractivity contribution in [1.82, 2.24) is 15.8 Å². The fourth-order valence-electron chi connectivity index (χ4n) is 4.32. The van der Waals surface area contributed by atoms with Crippen molar-refractivity contribution in [2.24, 2.45) is 11.8 Å². The monoisotopic (exact) mass is 357 g/mol. The molecule has 3 aliphatic rings. The van der Waals surface area contributed by atoms with Crippen LogP contribution in [0.15, 0.2) is 0 Å². The number of likely N-dealkylation sites (tertiary alicyclic amines) is 1. The third kappa shape index (κ3) is 3.99. The Kier molecular flexibility index (Phi) is 5.57. The Labute approximate surface area is 136 Å². The maximum Gasteiger partial charge on any atom is 0.249 e. The van der Waals surface area contributed by atoms with E-state index in [-0.39, 0.29) is 10.7 Å². The molecule has 1 saturated carbocycles. The van der Waals surface area contributed by atoms with Gasteiger partial charge in [-0.15, -0.1) is 0 Å². The lowest BCUT2D eigenvalue weighted by molar-refractivity contribution is -0.124. The van der Waals surface area contributed by atoms with Crippen molar-refractivity contribution in [1.29, 1.82) is 0 Å². The summed E-state index contributed by atoms with van der Waals surface area (Å²) in [6.07, 6.45) is 11.4. The maximum absolute atomic E-state index is 11.7. The molecule has 0 bridgehead atoms. The number of amides is 1. The van der Waals surface area contributed by atoms with Crippen LogP contribution in [0.5, 0.6) is 0 Å². The predicted octanol–water partition coefficient (Wildman–Crippen LogP) is 2.44. The van der Waals surface area contributed by atoms with E-state index >= 15 is 0 Å². The van der Waals surface area contributed by atoms with Crippen molar-refractivity contribution in [3.63, 3.8) is 0 Å². The van der Waals surface area contributed by atoms with Gasteiger partial charge in [0.25, 0.3) is 0 Å². The third-order valence-electron chi connectivity index (χ3n) is 5.62. The lowest BCUT2D eigenvalue weighted by atomic mass is 9.79. The summed E-state index contributed by atoms with van der Waals surface area (Å²) in [6.45, 7) is 3.15. The van der Waals surface area contributed by atoms with E-state index in [2.05, 4.69) is 31.7 Å². The molecule has 2 N–H and O–H groups in total. The summed E-state index contributed by atoms with van der Waals surface area (Å²) in [7, 11) is 0. The average Bonchev–Trinajstić information content (AvgIpc) is 2.52. The molecule has 2 aliphatic heterocycles. The first-order valence-corrected chi connectivity index (χ1v) is 9.56. The maximum atomic E-state index is 11.7. The first kappa shape index (κ1) is 15.8. The molecule has 2 heterocycles. The summed E-state index contributed by atoms with van der Waals surface area (Å²) in [6, 6.07) is 0.300. The lowest BCUT2D eigenvalue weighted by Gasteiger charge is -2.42. The van der Waals surface area contributed by atoms with Gasteiger partial charge in [-0.05, 0) is 44.2 Å². The van der Waals surface area contributed by atoms with Crippen molar-refractivity contribution in [2.75, 3.05) is 19.6 Å². The van der Waals surface area contributed by atoms with Crippen molar-refractivity contribution >= 4 is 21.8 Å². The molecule has 120 valence electrons. The fourth-order valence-corrected chi connectivity index (χ4v) is 4.95. The standard InChI is InChI=1S/C16H28BrN3O/c17-15-14(11-18-19-16(15)21)20-8-6-13(7-9-20)10-12-4-2-1-3-5-12/h12-15,18H,1-11H2,(H,19,21). The van der Waals surface area contributed by atoms with Crippen LogP contribution in [0.1, 0.15) is 51.4 Å². The number of carbonyl (C=O) groups is 1. The van der Waals surface area contributed by atoms with E-state index in [1.807, 2.05) is 0 Å². The van der Waals surface area contributed by atoms with Gasteiger partial charge in [0.1, 0.15) is 4.83 Å². The predicted molar refractivity (Wildman–Crippen MR) is 88.1 cm³/mol. The van der Waals surface area contributed by atoms with Gasteiger partial charge in [0.2, 0.25) is 5.91 Å². The summed E-state index contributed by atoms with van der Waals surface area (Å²) < 4.78 is 0. The molecule has 3 fully saturated rings. The molecule has 2 unspecified atom stereocenters. The van der Waals surface area contributed by atoms with E-state index < -0.39 is 0 Å². The molecule has 5 heteroatoms. The topological polar surface area (TPSA) is 44.4 Å². The van der Waals surface area contributed by atoms with Gasteiger partial charge in [0.05, 0.1) is 0 Å². The molecule has 0 spiro atoms. The summed E-state index contributed by atoms with van der Waals surface area (Å²) >= 11 is 3.56. The molecule has 0 aromatic rings. The zero-order valence-electron chi connectivity index (χ0n) is 12.8. The van der Waals surface area contributed by atoms with Gasteiger partial charge >= 0.3 is 0 Å². The molecule has 2 saturated heterocycles. The third-order valence-corrected chi connectivity index (χ3v) is 6.65. The molecule has 3 rings (SSSR count). The summed E-state index contributed by atoms with van der Waals surface area (Å²) in [4.78, 5) is 14.2. The smallest absolute Gasteiger partial charge is 0.249 e. The number of nitrogens with one attached hydrogen (secondary N) is 2. The van der Waals surface area contributed by atoms with Crippen molar-refractivity contribution < 1.29 is 4.79 Å². The van der Waals surface area contributed by atoms with Crippen LogP contribution in [0.25, 0.3) is 0 Å². The van der Waals surface area contributed by atoms with Gasteiger partial charge in [-0.2, -0.15) is 0 Å². The van der Waals surface area contributed by atoms with Crippen LogP contribution in [-0.2, 0) is 4.79 Å². The Morgan fingerprint density at radius 1 is 1.05 bits per heavy atom. The molecular formula is C16H28BrN3O. The number of rotatable bonds is 3. The highest BCUT2D eigenvalue weighted by Gasteiger charge is 2.36. The van der Waals surface area contributed by atoms with Gasteiger partial charge in [-0.1, -0.05) is 48.0 Å².